The molecule has 0 aromatic heterocycles. The van der Waals surface area contributed by atoms with E-state index in [1.807, 2.05) is 7.05 Å². The Morgan fingerprint density at radius 2 is 2.00 bits per heavy atom. The SMILES string of the molecule is CNCC1CCCCC1Cc1c(F)cccc1Cl. The van der Waals surface area contributed by atoms with Crippen LogP contribution < -0.4 is 5.32 Å². The van der Waals surface area contributed by atoms with Gasteiger partial charge in [0, 0.05) is 10.6 Å². The summed E-state index contributed by atoms with van der Waals surface area (Å²) in [4.78, 5) is 0. The fraction of sp³-hybridized carbons (Fsp3) is 0.600. The van der Waals surface area contributed by atoms with Crippen LogP contribution in [0.2, 0.25) is 5.02 Å². The molecule has 1 aromatic carbocycles. The smallest absolute Gasteiger partial charge is 0.127 e. The Morgan fingerprint density at radius 3 is 2.67 bits per heavy atom. The molecular weight excluding hydrogens is 249 g/mol. The molecule has 3 heteroatoms. The van der Waals surface area contributed by atoms with Gasteiger partial charge in [-0.05, 0) is 56.8 Å². The molecule has 0 radical (unpaired) electrons. The highest BCUT2D eigenvalue weighted by Crippen LogP contribution is 2.34. The topological polar surface area (TPSA) is 12.0 Å². The summed E-state index contributed by atoms with van der Waals surface area (Å²) >= 11 is 6.12. The van der Waals surface area contributed by atoms with Crippen molar-refractivity contribution in [2.45, 2.75) is 32.1 Å². The Hall–Kier alpha value is -0.600. The summed E-state index contributed by atoms with van der Waals surface area (Å²) in [6.45, 7) is 1.02. The zero-order valence-corrected chi connectivity index (χ0v) is 11.6. The number of benzene rings is 1. The van der Waals surface area contributed by atoms with E-state index in [1.54, 1.807) is 12.1 Å². The van der Waals surface area contributed by atoms with Gasteiger partial charge >= 0.3 is 0 Å². The number of hydrogen-bond donors (Lipinski definition) is 1. The average Bonchev–Trinajstić information content (AvgIpc) is 2.36. The third-order valence-electron chi connectivity index (χ3n) is 4.06. The summed E-state index contributed by atoms with van der Waals surface area (Å²) in [5.74, 6) is 1.05. The summed E-state index contributed by atoms with van der Waals surface area (Å²) in [5.41, 5.74) is 0.701. The Morgan fingerprint density at radius 1 is 1.28 bits per heavy atom. The molecule has 18 heavy (non-hydrogen) atoms. The van der Waals surface area contributed by atoms with Crippen molar-refractivity contribution in [2.24, 2.45) is 11.8 Å². The normalized spacial score (nSPS) is 24.2. The van der Waals surface area contributed by atoms with Crippen molar-refractivity contribution in [3.8, 4) is 0 Å². The van der Waals surface area contributed by atoms with Crippen molar-refractivity contribution in [3.63, 3.8) is 0 Å². The Labute approximate surface area is 114 Å². The molecule has 1 N–H and O–H groups in total. The molecule has 2 unspecified atom stereocenters. The summed E-state index contributed by atoms with van der Waals surface area (Å²) in [6.07, 6.45) is 5.78. The van der Waals surface area contributed by atoms with Crippen LogP contribution in [0.5, 0.6) is 0 Å². The average molecular weight is 270 g/mol. The van der Waals surface area contributed by atoms with E-state index in [1.165, 1.54) is 31.7 Å². The molecule has 2 atom stereocenters. The van der Waals surface area contributed by atoms with E-state index >= 15 is 0 Å². The lowest BCUT2D eigenvalue weighted by Gasteiger charge is -2.31. The molecule has 0 aliphatic heterocycles. The van der Waals surface area contributed by atoms with E-state index in [9.17, 15) is 4.39 Å². The molecule has 1 aliphatic rings. The molecule has 2 rings (SSSR count). The van der Waals surface area contributed by atoms with Gasteiger partial charge in [-0.1, -0.05) is 30.5 Å². The van der Waals surface area contributed by atoms with Crippen LogP contribution in [-0.4, -0.2) is 13.6 Å². The fourth-order valence-electron chi connectivity index (χ4n) is 3.07. The highest BCUT2D eigenvalue weighted by molar-refractivity contribution is 6.31. The second-order valence-electron chi connectivity index (χ2n) is 5.27. The minimum atomic E-state index is -0.156. The first-order valence-corrected chi connectivity index (χ1v) is 7.17. The first kappa shape index (κ1) is 13.8. The van der Waals surface area contributed by atoms with Crippen LogP contribution in [0.1, 0.15) is 31.2 Å². The molecule has 0 spiro atoms. The number of nitrogens with one attached hydrogen (secondary N) is 1. The van der Waals surface area contributed by atoms with E-state index in [2.05, 4.69) is 5.32 Å². The van der Waals surface area contributed by atoms with Gasteiger partial charge in [-0.25, -0.2) is 4.39 Å². The van der Waals surface area contributed by atoms with Crippen LogP contribution in [0.4, 0.5) is 4.39 Å². The van der Waals surface area contributed by atoms with Crippen LogP contribution >= 0.6 is 11.6 Å². The summed E-state index contributed by atoms with van der Waals surface area (Å²) < 4.78 is 13.8. The van der Waals surface area contributed by atoms with E-state index in [0.29, 0.717) is 22.4 Å². The van der Waals surface area contributed by atoms with Gasteiger partial charge in [-0.2, -0.15) is 0 Å². The van der Waals surface area contributed by atoms with Crippen LogP contribution in [0.25, 0.3) is 0 Å². The first-order valence-electron chi connectivity index (χ1n) is 6.80. The van der Waals surface area contributed by atoms with E-state index in [-0.39, 0.29) is 5.82 Å². The Kier molecular flexibility index (Phi) is 5.02. The fourth-order valence-corrected chi connectivity index (χ4v) is 3.31. The van der Waals surface area contributed by atoms with Crippen molar-refractivity contribution in [1.82, 2.24) is 5.32 Å². The minimum Gasteiger partial charge on any atom is -0.319 e. The van der Waals surface area contributed by atoms with Gasteiger partial charge < -0.3 is 5.32 Å². The largest absolute Gasteiger partial charge is 0.319 e. The summed E-state index contributed by atoms with van der Waals surface area (Å²) in [7, 11) is 1.99. The highest BCUT2D eigenvalue weighted by Gasteiger charge is 2.26. The quantitative estimate of drug-likeness (QED) is 0.870. The molecule has 1 nitrogen and oxygen atoms in total. The lowest BCUT2D eigenvalue weighted by molar-refractivity contribution is 0.230. The predicted molar refractivity (Wildman–Crippen MR) is 74.5 cm³/mol. The summed E-state index contributed by atoms with van der Waals surface area (Å²) in [6, 6.07) is 4.97. The van der Waals surface area contributed by atoms with Crippen LogP contribution in [0.3, 0.4) is 0 Å². The van der Waals surface area contributed by atoms with Gasteiger partial charge in [0.2, 0.25) is 0 Å². The first-order chi connectivity index (χ1) is 8.72. The Balaban J connectivity index is 2.11. The molecule has 0 saturated heterocycles. The van der Waals surface area contributed by atoms with Gasteiger partial charge in [0.15, 0.2) is 0 Å². The third-order valence-corrected chi connectivity index (χ3v) is 4.41. The van der Waals surface area contributed by atoms with E-state index in [4.69, 9.17) is 11.6 Å². The number of halogens is 2. The monoisotopic (exact) mass is 269 g/mol. The van der Waals surface area contributed by atoms with Crippen molar-refractivity contribution >= 4 is 11.6 Å². The maximum atomic E-state index is 13.8. The molecule has 100 valence electrons. The zero-order valence-electron chi connectivity index (χ0n) is 10.9. The predicted octanol–water partition coefficient (Wildman–Crippen LogP) is 4.05. The second-order valence-corrected chi connectivity index (χ2v) is 5.67. The molecule has 0 heterocycles. The summed E-state index contributed by atoms with van der Waals surface area (Å²) in [5, 5.41) is 3.83. The number of rotatable bonds is 4. The molecule has 1 aliphatic carbocycles. The van der Waals surface area contributed by atoms with Gasteiger partial charge in [-0.3, -0.25) is 0 Å². The second kappa shape index (κ2) is 6.53. The highest BCUT2D eigenvalue weighted by atomic mass is 35.5. The third kappa shape index (κ3) is 3.24. The maximum absolute atomic E-state index is 13.8. The maximum Gasteiger partial charge on any atom is 0.127 e. The van der Waals surface area contributed by atoms with Crippen molar-refractivity contribution in [2.75, 3.05) is 13.6 Å². The van der Waals surface area contributed by atoms with Crippen molar-refractivity contribution in [1.29, 1.82) is 0 Å². The zero-order chi connectivity index (χ0) is 13.0. The Bertz CT molecular complexity index is 372. The van der Waals surface area contributed by atoms with Crippen LogP contribution in [0.15, 0.2) is 18.2 Å². The molecular formula is C15H21ClFN. The van der Waals surface area contributed by atoms with Gasteiger partial charge in [0.25, 0.3) is 0 Å². The standard InChI is InChI=1S/C15H21ClFN/c1-18-10-12-6-3-2-5-11(12)9-13-14(16)7-4-8-15(13)17/h4,7-8,11-12,18H,2-3,5-6,9-10H2,1H3. The number of hydrogen-bond acceptors (Lipinski definition) is 1. The molecule has 1 saturated carbocycles. The van der Waals surface area contributed by atoms with Gasteiger partial charge in [0.05, 0.1) is 0 Å². The molecule has 0 bridgehead atoms. The van der Waals surface area contributed by atoms with Crippen LogP contribution in [0, 0.1) is 17.7 Å². The molecule has 0 amide bonds. The van der Waals surface area contributed by atoms with Gasteiger partial charge in [0.1, 0.15) is 5.82 Å². The van der Waals surface area contributed by atoms with Gasteiger partial charge in [-0.15, -0.1) is 0 Å². The van der Waals surface area contributed by atoms with Crippen LogP contribution in [-0.2, 0) is 6.42 Å². The van der Waals surface area contributed by atoms with E-state index < -0.39 is 0 Å². The van der Waals surface area contributed by atoms with E-state index in [0.717, 1.165) is 13.0 Å². The lowest BCUT2D eigenvalue weighted by atomic mass is 9.76. The molecule has 1 aromatic rings. The van der Waals surface area contributed by atoms with Crippen molar-refractivity contribution < 1.29 is 4.39 Å². The lowest BCUT2D eigenvalue weighted by Crippen LogP contribution is -2.30. The van der Waals surface area contributed by atoms with Crippen molar-refractivity contribution in [3.05, 3.63) is 34.6 Å². The molecule has 1 fully saturated rings. The minimum absolute atomic E-state index is 0.156.